The summed E-state index contributed by atoms with van der Waals surface area (Å²) in [5.74, 6) is -1.35. The number of esters is 4. The summed E-state index contributed by atoms with van der Waals surface area (Å²) in [6, 6.07) is 0. The van der Waals surface area contributed by atoms with Crippen LogP contribution in [-0.2, 0) is 65.4 Å². The SMILES string of the molecule is CCCCCCCCCCCCCCCCCCCCCC(=O)O[C@H](COC(=O)CCCCCCCCCCCCCC(C)C)COP(=O)(O)OC[C@@H](O)COP(=O)(O)OC[C@@H](COC(=O)CCCCCCCCC)OC(=O)CCCCCCCCCCCC. The molecule has 90 heavy (non-hydrogen) atoms. The molecule has 0 aliphatic rings. The maximum Gasteiger partial charge on any atom is 0.472 e. The standard InChI is InChI=1S/C71H138O17P2/c1-6-9-12-15-18-20-22-23-24-25-26-27-28-29-32-37-42-47-52-57-71(76)88-67(61-82-69(74)55-50-45-40-36-33-30-31-34-39-43-48-53-64(4)5)63-86-90(79,80)84-59-65(72)58-83-89(77,78)85-62-66(60-81-68(73)54-49-44-38-17-14-11-8-3)87-70(75)56-51-46-41-35-21-19-16-13-10-7-2/h64-67,72H,6-63H2,1-5H3,(H,77,78)(H,79,80)/t65-,66+,67+/m0/s1. The topological polar surface area (TPSA) is 237 Å². The van der Waals surface area contributed by atoms with Crippen LogP contribution in [0.3, 0.4) is 0 Å². The van der Waals surface area contributed by atoms with Crippen molar-refractivity contribution in [1.82, 2.24) is 0 Å². The molecule has 5 atom stereocenters. The average Bonchev–Trinajstić information content (AvgIpc) is 3.22. The molecule has 0 radical (unpaired) electrons. The molecule has 0 saturated heterocycles. The zero-order valence-corrected chi connectivity index (χ0v) is 60.1. The molecular weight excluding hydrogens is 1190 g/mol. The number of aliphatic hydroxyl groups excluding tert-OH is 1. The van der Waals surface area contributed by atoms with E-state index in [-0.39, 0.29) is 25.7 Å². The van der Waals surface area contributed by atoms with Crippen LogP contribution in [0, 0.1) is 5.92 Å². The van der Waals surface area contributed by atoms with Gasteiger partial charge < -0.3 is 33.8 Å². The van der Waals surface area contributed by atoms with Gasteiger partial charge in [-0.05, 0) is 31.6 Å². The van der Waals surface area contributed by atoms with Crippen molar-refractivity contribution in [3.05, 3.63) is 0 Å². The van der Waals surface area contributed by atoms with E-state index in [9.17, 15) is 43.2 Å². The summed E-state index contributed by atoms with van der Waals surface area (Å²) in [4.78, 5) is 72.4. The first kappa shape index (κ1) is 88.1. The van der Waals surface area contributed by atoms with Crippen LogP contribution >= 0.6 is 15.6 Å². The number of ether oxygens (including phenoxy) is 4. The second-order valence-electron chi connectivity index (χ2n) is 26.1. The lowest BCUT2D eigenvalue weighted by molar-refractivity contribution is -0.161. The lowest BCUT2D eigenvalue weighted by atomic mass is 10.0. The predicted octanol–water partition coefficient (Wildman–Crippen LogP) is 20.5. The minimum absolute atomic E-state index is 0.106. The number of aliphatic hydroxyl groups is 1. The minimum Gasteiger partial charge on any atom is -0.462 e. The van der Waals surface area contributed by atoms with Gasteiger partial charge in [0.05, 0.1) is 26.4 Å². The number of rotatable bonds is 71. The largest absolute Gasteiger partial charge is 0.472 e. The summed E-state index contributed by atoms with van der Waals surface area (Å²) in [5.41, 5.74) is 0. The zero-order chi connectivity index (χ0) is 66.3. The molecule has 0 aromatic heterocycles. The summed E-state index contributed by atoms with van der Waals surface area (Å²) in [6.07, 6.45) is 51.5. The molecule has 0 aromatic rings. The third-order valence-corrected chi connectivity index (χ3v) is 18.4. The lowest BCUT2D eigenvalue weighted by Crippen LogP contribution is -2.30. The van der Waals surface area contributed by atoms with Gasteiger partial charge in [0, 0.05) is 25.7 Å². The molecule has 2 unspecified atom stereocenters. The molecule has 0 aromatic carbocycles. The molecule has 0 spiro atoms. The van der Waals surface area contributed by atoms with E-state index >= 15 is 0 Å². The van der Waals surface area contributed by atoms with Crippen LogP contribution in [0.2, 0.25) is 0 Å². The summed E-state index contributed by atoms with van der Waals surface area (Å²) in [5, 5.41) is 10.6. The lowest BCUT2D eigenvalue weighted by Gasteiger charge is -2.21. The fraction of sp³-hybridized carbons (Fsp3) is 0.944. The number of phosphoric acid groups is 2. The first-order chi connectivity index (χ1) is 43.5. The quantitative estimate of drug-likeness (QED) is 0.0222. The van der Waals surface area contributed by atoms with Crippen molar-refractivity contribution >= 4 is 39.5 Å². The van der Waals surface area contributed by atoms with Gasteiger partial charge in [-0.1, -0.05) is 317 Å². The van der Waals surface area contributed by atoms with Crippen molar-refractivity contribution in [2.45, 2.75) is 387 Å². The van der Waals surface area contributed by atoms with Crippen molar-refractivity contribution < 1.29 is 80.2 Å². The molecule has 0 saturated carbocycles. The van der Waals surface area contributed by atoms with Crippen LogP contribution in [0.1, 0.15) is 369 Å². The van der Waals surface area contributed by atoms with Gasteiger partial charge in [-0.3, -0.25) is 37.3 Å². The third-order valence-electron chi connectivity index (χ3n) is 16.5. The molecule has 0 rings (SSSR count). The number of unbranched alkanes of at least 4 members (excludes halogenated alkanes) is 43. The van der Waals surface area contributed by atoms with E-state index in [2.05, 4.69) is 34.6 Å². The minimum atomic E-state index is -4.95. The van der Waals surface area contributed by atoms with Gasteiger partial charge in [0.25, 0.3) is 0 Å². The van der Waals surface area contributed by atoms with E-state index < -0.39 is 97.5 Å². The van der Waals surface area contributed by atoms with Crippen molar-refractivity contribution in [3.8, 4) is 0 Å². The number of carbonyl (C=O) groups excluding carboxylic acids is 4. The number of hydrogen-bond acceptors (Lipinski definition) is 15. The van der Waals surface area contributed by atoms with E-state index in [4.69, 9.17) is 37.0 Å². The van der Waals surface area contributed by atoms with Crippen molar-refractivity contribution in [1.29, 1.82) is 0 Å². The molecule has 0 aliphatic heterocycles. The van der Waals surface area contributed by atoms with Gasteiger partial charge in [-0.25, -0.2) is 9.13 Å². The molecule has 0 aliphatic carbocycles. The van der Waals surface area contributed by atoms with E-state index in [0.717, 1.165) is 109 Å². The second kappa shape index (κ2) is 64.4. The first-order valence-corrected chi connectivity index (χ1v) is 40.1. The van der Waals surface area contributed by atoms with E-state index in [1.165, 1.54) is 180 Å². The van der Waals surface area contributed by atoms with Gasteiger partial charge >= 0.3 is 39.5 Å². The molecule has 0 heterocycles. The summed E-state index contributed by atoms with van der Waals surface area (Å²) >= 11 is 0. The summed E-state index contributed by atoms with van der Waals surface area (Å²) < 4.78 is 68.2. The highest BCUT2D eigenvalue weighted by Gasteiger charge is 2.30. The normalized spacial score (nSPS) is 14.1. The van der Waals surface area contributed by atoms with Gasteiger partial charge in [0.15, 0.2) is 12.2 Å². The number of hydrogen-bond donors (Lipinski definition) is 3. The molecule has 0 fully saturated rings. The highest BCUT2D eigenvalue weighted by molar-refractivity contribution is 7.47. The molecule has 3 N–H and O–H groups in total. The molecule has 0 amide bonds. The molecule has 17 nitrogen and oxygen atoms in total. The summed E-state index contributed by atoms with van der Waals surface area (Å²) in [7, 11) is -9.89. The Morgan fingerprint density at radius 2 is 0.511 bits per heavy atom. The van der Waals surface area contributed by atoms with E-state index in [0.29, 0.717) is 25.7 Å². The Morgan fingerprint density at radius 1 is 0.300 bits per heavy atom. The van der Waals surface area contributed by atoms with E-state index in [1.54, 1.807) is 0 Å². The van der Waals surface area contributed by atoms with Crippen LogP contribution in [0.25, 0.3) is 0 Å². The molecule has 0 bridgehead atoms. The van der Waals surface area contributed by atoms with Crippen LogP contribution in [0.5, 0.6) is 0 Å². The Kier molecular flexibility index (Phi) is 63.0. The number of carbonyl (C=O) groups is 4. The monoisotopic (exact) mass is 1320 g/mol. The van der Waals surface area contributed by atoms with Gasteiger partial charge in [0.2, 0.25) is 0 Å². The van der Waals surface area contributed by atoms with Crippen LogP contribution in [0.15, 0.2) is 0 Å². The smallest absolute Gasteiger partial charge is 0.462 e. The van der Waals surface area contributed by atoms with Gasteiger partial charge in [0.1, 0.15) is 19.3 Å². The first-order valence-electron chi connectivity index (χ1n) is 37.1. The van der Waals surface area contributed by atoms with Crippen molar-refractivity contribution in [3.63, 3.8) is 0 Å². The maximum absolute atomic E-state index is 13.0. The van der Waals surface area contributed by atoms with Crippen LogP contribution in [0.4, 0.5) is 0 Å². The van der Waals surface area contributed by atoms with Gasteiger partial charge in [-0.2, -0.15) is 0 Å². The van der Waals surface area contributed by atoms with E-state index in [1.807, 2.05) is 0 Å². The molecule has 534 valence electrons. The van der Waals surface area contributed by atoms with Crippen molar-refractivity contribution in [2.24, 2.45) is 5.92 Å². The van der Waals surface area contributed by atoms with Crippen LogP contribution < -0.4 is 0 Å². The van der Waals surface area contributed by atoms with Crippen LogP contribution in [-0.4, -0.2) is 96.7 Å². The van der Waals surface area contributed by atoms with Gasteiger partial charge in [-0.15, -0.1) is 0 Å². The fourth-order valence-corrected chi connectivity index (χ4v) is 12.4. The Bertz CT molecular complexity index is 1740. The molecular formula is C71H138O17P2. The highest BCUT2D eigenvalue weighted by Crippen LogP contribution is 2.45. The fourth-order valence-electron chi connectivity index (χ4n) is 10.8. The highest BCUT2D eigenvalue weighted by atomic mass is 31.2. The zero-order valence-electron chi connectivity index (χ0n) is 58.3. The average molecular weight is 1330 g/mol. The summed E-state index contributed by atoms with van der Waals surface area (Å²) in [6.45, 7) is 7.21. The Morgan fingerprint density at radius 3 is 0.756 bits per heavy atom. The van der Waals surface area contributed by atoms with Crippen molar-refractivity contribution in [2.75, 3.05) is 39.6 Å². The number of phosphoric ester groups is 2. The second-order valence-corrected chi connectivity index (χ2v) is 29.0. The maximum atomic E-state index is 13.0. The molecule has 19 heteroatoms. The predicted molar refractivity (Wildman–Crippen MR) is 363 cm³/mol. The Balaban J connectivity index is 5.17. The Labute approximate surface area is 549 Å². The third kappa shape index (κ3) is 64.8. The Hall–Kier alpha value is -1.94.